The minimum atomic E-state index is 1.28. The third kappa shape index (κ3) is 2.28. The predicted octanol–water partition coefficient (Wildman–Crippen LogP) is 10.1. The van der Waals surface area contributed by atoms with Crippen LogP contribution in [0.5, 0.6) is 0 Å². The Labute approximate surface area is 208 Å². The Hall–Kier alpha value is -3.92. The van der Waals surface area contributed by atoms with Crippen molar-refractivity contribution < 1.29 is 0 Å². The molecule has 1 nitrogen and oxygen atoms in total. The minimum absolute atomic E-state index is 1.28. The monoisotopic (exact) mass is 479 g/mol. The molecule has 0 N–H and O–H groups in total. The number of benzene rings is 5. The van der Waals surface area contributed by atoms with Crippen LogP contribution in [0.2, 0.25) is 0 Å². The molecule has 3 heteroatoms. The predicted molar refractivity (Wildman–Crippen MR) is 156 cm³/mol. The van der Waals surface area contributed by atoms with E-state index in [1.165, 1.54) is 78.3 Å². The lowest BCUT2D eigenvalue weighted by Gasteiger charge is -2.11. The molecular weight excluding hydrogens is 462 g/mol. The number of thiophene rings is 2. The molecule has 0 aliphatic carbocycles. The molecule has 9 rings (SSSR count). The van der Waals surface area contributed by atoms with Gasteiger partial charge in [0.2, 0.25) is 0 Å². The molecule has 0 spiro atoms. The molecule has 9 aromatic rings. The van der Waals surface area contributed by atoms with Gasteiger partial charge in [0.05, 0.1) is 11.0 Å². The van der Waals surface area contributed by atoms with E-state index in [-0.39, 0.29) is 0 Å². The Morgan fingerprint density at radius 2 is 1.17 bits per heavy atom. The van der Waals surface area contributed by atoms with Crippen LogP contribution in [0.25, 0.3) is 78.3 Å². The van der Waals surface area contributed by atoms with Crippen molar-refractivity contribution in [3.05, 3.63) is 103 Å². The molecule has 0 saturated heterocycles. The molecule has 0 amide bonds. The molecule has 35 heavy (non-hydrogen) atoms. The largest absolute Gasteiger partial charge is 0.315 e. The first kappa shape index (κ1) is 18.4. The average molecular weight is 480 g/mol. The van der Waals surface area contributed by atoms with E-state index in [4.69, 9.17) is 0 Å². The van der Waals surface area contributed by atoms with Crippen molar-refractivity contribution in [2.24, 2.45) is 0 Å². The molecular formula is C32H17NS2. The molecule has 0 fully saturated rings. The van der Waals surface area contributed by atoms with Crippen molar-refractivity contribution in [3.63, 3.8) is 0 Å². The first-order chi connectivity index (χ1) is 17.3. The number of hydrogen-bond donors (Lipinski definition) is 0. The fourth-order valence-electron chi connectivity index (χ4n) is 6.04. The Morgan fingerprint density at radius 1 is 0.486 bits per heavy atom. The number of hydrogen-bond acceptors (Lipinski definition) is 2. The quantitative estimate of drug-likeness (QED) is 0.191. The van der Waals surface area contributed by atoms with Crippen LogP contribution in [-0.4, -0.2) is 4.40 Å². The second kappa shape index (κ2) is 6.39. The third-order valence-electron chi connectivity index (χ3n) is 7.55. The maximum absolute atomic E-state index is 2.46. The van der Waals surface area contributed by atoms with E-state index in [1.54, 1.807) is 0 Å². The number of fused-ring (bicyclic) bond motifs is 15. The van der Waals surface area contributed by atoms with Gasteiger partial charge in [-0.1, -0.05) is 72.8 Å². The Balaban J connectivity index is 1.64. The van der Waals surface area contributed by atoms with E-state index in [9.17, 15) is 0 Å². The van der Waals surface area contributed by atoms with Crippen molar-refractivity contribution in [2.75, 3.05) is 0 Å². The molecule has 0 bridgehead atoms. The van der Waals surface area contributed by atoms with Gasteiger partial charge in [-0.2, -0.15) is 0 Å². The van der Waals surface area contributed by atoms with Crippen LogP contribution in [0.4, 0.5) is 0 Å². The lowest BCUT2D eigenvalue weighted by Crippen LogP contribution is -1.90. The van der Waals surface area contributed by atoms with E-state index in [1.807, 2.05) is 22.7 Å². The lowest BCUT2D eigenvalue weighted by molar-refractivity contribution is 1.30. The highest BCUT2D eigenvalue weighted by Crippen LogP contribution is 2.46. The SMILES string of the molecule is c1ccc2c(c1)cn1c3cc4sc5ccccc5c4cc3c3c(ccc4c5ccccc5sc43)c21. The van der Waals surface area contributed by atoms with Crippen LogP contribution >= 0.6 is 22.7 Å². The van der Waals surface area contributed by atoms with Crippen molar-refractivity contribution in [2.45, 2.75) is 0 Å². The topological polar surface area (TPSA) is 4.41 Å². The van der Waals surface area contributed by atoms with Gasteiger partial charge in [-0.3, -0.25) is 0 Å². The highest BCUT2D eigenvalue weighted by Gasteiger charge is 2.18. The zero-order valence-electron chi connectivity index (χ0n) is 18.6. The Morgan fingerprint density at radius 3 is 2.03 bits per heavy atom. The fourth-order valence-corrected chi connectivity index (χ4v) is 8.42. The van der Waals surface area contributed by atoms with Crippen molar-refractivity contribution in [3.8, 4) is 0 Å². The van der Waals surface area contributed by atoms with Gasteiger partial charge in [-0.05, 0) is 24.3 Å². The fraction of sp³-hybridized carbons (Fsp3) is 0. The summed E-state index contributed by atoms with van der Waals surface area (Å²) in [5, 5.41) is 12.1. The number of pyridine rings is 1. The van der Waals surface area contributed by atoms with E-state index >= 15 is 0 Å². The molecule has 0 unspecified atom stereocenters. The van der Waals surface area contributed by atoms with Crippen LogP contribution in [0.1, 0.15) is 0 Å². The van der Waals surface area contributed by atoms with Gasteiger partial charge < -0.3 is 4.40 Å². The summed E-state index contributed by atoms with van der Waals surface area (Å²) in [6.07, 6.45) is 2.32. The second-order valence-electron chi connectivity index (χ2n) is 9.36. The molecule has 0 saturated carbocycles. The summed E-state index contributed by atoms with van der Waals surface area (Å²) in [5.41, 5.74) is 2.59. The van der Waals surface area contributed by atoms with E-state index in [0.717, 1.165) is 0 Å². The first-order valence-corrected chi connectivity index (χ1v) is 13.5. The molecule has 5 aromatic carbocycles. The highest BCUT2D eigenvalue weighted by molar-refractivity contribution is 7.27. The summed E-state index contributed by atoms with van der Waals surface area (Å²) in [7, 11) is 0. The van der Waals surface area contributed by atoms with Gasteiger partial charge >= 0.3 is 0 Å². The zero-order valence-corrected chi connectivity index (χ0v) is 20.2. The molecule has 0 radical (unpaired) electrons. The molecule has 0 aliphatic heterocycles. The van der Waals surface area contributed by atoms with E-state index in [0.29, 0.717) is 0 Å². The summed E-state index contributed by atoms with van der Waals surface area (Å²) in [5.74, 6) is 0. The van der Waals surface area contributed by atoms with Gasteiger partial charge in [0, 0.05) is 73.5 Å². The lowest BCUT2D eigenvalue weighted by atomic mass is 9.99. The van der Waals surface area contributed by atoms with Crippen LogP contribution in [0, 0.1) is 0 Å². The summed E-state index contributed by atoms with van der Waals surface area (Å²) >= 11 is 3.82. The van der Waals surface area contributed by atoms with Crippen LogP contribution in [0.15, 0.2) is 103 Å². The van der Waals surface area contributed by atoms with Gasteiger partial charge in [-0.15, -0.1) is 22.7 Å². The molecule has 4 heterocycles. The number of rotatable bonds is 0. The third-order valence-corrected chi connectivity index (χ3v) is 9.89. The summed E-state index contributed by atoms with van der Waals surface area (Å²) in [4.78, 5) is 0. The van der Waals surface area contributed by atoms with Gasteiger partial charge in [0.25, 0.3) is 0 Å². The van der Waals surface area contributed by atoms with Crippen LogP contribution in [-0.2, 0) is 0 Å². The van der Waals surface area contributed by atoms with Crippen molar-refractivity contribution in [1.29, 1.82) is 0 Å². The molecule has 4 aromatic heterocycles. The summed E-state index contributed by atoms with van der Waals surface area (Å²) in [6, 6.07) is 36.0. The summed E-state index contributed by atoms with van der Waals surface area (Å²) in [6.45, 7) is 0. The Bertz CT molecular complexity index is 2330. The molecule has 0 atom stereocenters. The zero-order chi connectivity index (χ0) is 22.7. The highest BCUT2D eigenvalue weighted by atomic mass is 32.1. The average Bonchev–Trinajstić information content (AvgIpc) is 3.58. The first-order valence-electron chi connectivity index (χ1n) is 11.9. The molecule has 162 valence electrons. The van der Waals surface area contributed by atoms with Crippen LogP contribution < -0.4 is 0 Å². The number of nitrogens with zero attached hydrogens (tertiary/aromatic N) is 1. The maximum Gasteiger partial charge on any atom is 0.0614 e. The van der Waals surface area contributed by atoms with Crippen molar-refractivity contribution >= 4 is 101 Å². The Kier molecular flexibility index (Phi) is 3.36. The van der Waals surface area contributed by atoms with Gasteiger partial charge in [-0.25, -0.2) is 0 Å². The van der Waals surface area contributed by atoms with E-state index < -0.39 is 0 Å². The van der Waals surface area contributed by atoms with Gasteiger partial charge in [0.1, 0.15) is 0 Å². The molecule has 0 aliphatic rings. The van der Waals surface area contributed by atoms with Crippen LogP contribution in [0.3, 0.4) is 0 Å². The standard InChI is InChI=1S/C32H17NS2/c1-2-8-19-18(7-1)17-33-26-16-29-24(21-10-4-5-11-27(21)34-29)15-25(26)30-23(31(19)33)14-13-22-20-9-3-6-12-28(20)35-32(22)30/h1-17H. The van der Waals surface area contributed by atoms with Crippen molar-refractivity contribution in [1.82, 2.24) is 4.40 Å². The minimum Gasteiger partial charge on any atom is -0.315 e. The second-order valence-corrected chi connectivity index (χ2v) is 11.5. The smallest absolute Gasteiger partial charge is 0.0614 e. The number of aromatic nitrogens is 1. The van der Waals surface area contributed by atoms with E-state index in [2.05, 4.69) is 108 Å². The van der Waals surface area contributed by atoms with Gasteiger partial charge in [0.15, 0.2) is 0 Å². The normalized spacial score (nSPS) is 12.6. The maximum atomic E-state index is 2.46. The summed E-state index contributed by atoms with van der Waals surface area (Å²) < 4.78 is 7.88.